The van der Waals surface area contributed by atoms with Crippen molar-refractivity contribution in [2.45, 2.75) is 19.9 Å². The number of hydrogen-bond acceptors (Lipinski definition) is 3. The zero-order valence-corrected chi connectivity index (χ0v) is 9.82. The smallest absolute Gasteiger partial charge is 0.407 e. The maximum atomic E-state index is 11.3. The number of carbonyl (C=O) groups is 1. The van der Waals surface area contributed by atoms with Gasteiger partial charge in [0.1, 0.15) is 5.75 Å². The van der Waals surface area contributed by atoms with Gasteiger partial charge in [0.15, 0.2) is 0 Å². The highest BCUT2D eigenvalue weighted by molar-refractivity contribution is 5.68. The van der Waals surface area contributed by atoms with Gasteiger partial charge in [-0.15, -0.1) is 0 Å². The highest BCUT2D eigenvalue weighted by Gasteiger charge is 2.13. The van der Waals surface area contributed by atoms with E-state index in [0.717, 1.165) is 11.3 Å². The Labute approximate surface area is 95.6 Å². The van der Waals surface area contributed by atoms with Crippen molar-refractivity contribution in [2.75, 3.05) is 13.7 Å². The van der Waals surface area contributed by atoms with Crippen LogP contribution in [0.1, 0.15) is 25.5 Å². The zero-order valence-electron chi connectivity index (χ0n) is 9.82. The van der Waals surface area contributed by atoms with Crippen molar-refractivity contribution < 1.29 is 14.3 Å². The lowest BCUT2D eigenvalue weighted by molar-refractivity contribution is 0.148. The van der Waals surface area contributed by atoms with Crippen LogP contribution in [0.5, 0.6) is 5.75 Å². The molecule has 1 amide bonds. The van der Waals surface area contributed by atoms with Crippen LogP contribution in [0.4, 0.5) is 4.79 Å². The number of carbonyl (C=O) groups excluding carboxylic acids is 1. The molecule has 4 heteroatoms. The second-order valence-corrected chi connectivity index (χ2v) is 3.33. The lowest BCUT2D eigenvalue weighted by Crippen LogP contribution is -2.27. The van der Waals surface area contributed by atoms with Gasteiger partial charge in [-0.2, -0.15) is 0 Å². The summed E-state index contributed by atoms with van der Waals surface area (Å²) in [5.74, 6) is 0.756. The van der Waals surface area contributed by atoms with E-state index in [0.29, 0.717) is 6.61 Å². The quantitative estimate of drug-likeness (QED) is 0.853. The van der Waals surface area contributed by atoms with E-state index in [1.807, 2.05) is 31.2 Å². The molecule has 0 unspecified atom stereocenters. The largest absolute Gasteiger partial charge is 0.496 e. The minimum Gasteiger partial charge on any atom is -0.496 e. The van der Waals surface area contributed by atoms with Crippen LogP contribution in [-0.4, -0.2) is 19.8 Å². The van der Waals surface area contributed by atoms with Crippen molar-refractivity contribution in [1.82, 2.24) is 5.32 Å². The summed E-state index contributed by atoms with van der Waals surface area (Å²) in [4.78, 5) is 11.3. The first-order valence-corrected chi connectivity index (χ1v) is 5.25. The molecule has 0 aromatic heterocycles. The third kappa shape index (κ3) is 3.15. The van der Waals surface area contributed by atoms with Crippen LogP contribution < -0.4 is 10.1 Å². The summed E-state index contributed by atoms with van der Waals surface area (Å²) in [6.07, 6.45) is -0.416. The normalized spacial score (nSPS) is 11.7. The van der Waals surface area contributed by atoms with E-state index in [1.54, 1.807) is 14.0 Å². The fourth-order valence-corrected chi connectivity index (χ4v) is 1.45. The average Bonchev–Trinajstić information content (AvgIpc) is 2.29. The highest BCUT2D eigenvalue weighted by atomic mass is 16.5. The molecule has 0 fully saturated rings. The van der Waals surface area contributed by atoms with E-state index < -0.39 is 6.09 Å². The lowest BCUT2D eigenvalue weighted by atomic mass is 10.1. The van der Waals surface area contributed by atoms with Gasteiger partial charge in [0.2, 0.25) is 0 Å². The molecule has 88 valence electrons. The number of para-hydroxylation sites is 1. The molecule has 0 aliphatic rings. The molecule has 0 spiro atoms. The van der Waals surface area contributed by atoms with E-state index >= 15 is 0 Å². The molecule has 4 nitrogen and oxygen atoms in total. The molecule has 0 saturated carbocycles. The first kappa shape index (κ1) is 12.4. The highest BCUT2D eigenvalue weighted by Crippen LogP contribution is 2.24. The van der Waals surface area contributed by atoms with Gasteiger partial charge in [-0.25, -0.2) is 4.79 Å². The second-order valence-electron chi connectivity index (χ2n) is 3.33. The number of alkyl carbamates (subject to hydrolysis) is 1. The predicted octanol–water partition coefficient (Wildman–Crippen LogP) is 2.50. The molecule has 1 aromatic carbocycles. The fraction of sp³-hybridized carbons (Fsp3) is 0.417. The molecule has 1 N–H and O–H groups in total. The van der Waals surface area contributed by atoms with Gasteiger partial charge in [0.25, 0.3) is 0 Å². The molecule has 0 saturated heterocycles. The van der Waals surface area contributed by atoms with Gasteiger partial charge in [-0.3, -0.25) is 0 Å². The number of methoxy groups -OCH3 is 1. The summed E-state index contributed by atoms with van der Waals surface area (Å²) in [5.41, 5.74) is 0.929. The number of amides is 1. The molecule has 0 radical (unpaired) electrons. The molecule has 16 heavy (non-hydrogen) atoms. The number of rotatable bonds is 4. The topological polar surface area (TPSA) is 47.6 Å². The Morgan fingerprint density at radius 3 is 2.75 bits per heavy atom. The van der Waals surface area contributed by atoms with Crippen molar-refractivity contribution in [3.05, 3.63) is 29.8 Å². The Hall–Kier alpha value is -1.71. The van der Waals surface area contributed by atoms with Crippen LogP contribution in [0.2, 0.25) is 0 Å². The van der Waals surface area contributed by atoms with E-state index in [-0.39, 0.29) is 6.04 Å². The standard InChI is InChI=1S/C12H17NO3/c1-4-16-12(14)13-9(2)10-7-5-6-8-11(10)15-3/h5-9H,4H2,1-3H3,(H,13,14)/t9-/m0/s1. The number of hydrogen-bond donors (Lipinski definition) is 1. The number of ether oxygens (including phenoxy) is 2. The summed E-state index contributed by atoms with van der Waals surface area (Å²) in [6, 6.07) is 7.42. The SMILES string of the molecule is CCOC(=O)N[C@@H](C)c1ccccc1OC. The van der Waals surface area contributed by atoms with Crippen LogP contribution in [0.25, 0.3) is 0 Å². The van der Waals surface area contributed by atoms with Gasteiger partial charge in [0.05, 0.1) is 19.8 Å². The molecular weight excluding hydrogens is 206 g/mol. The first-order valence-electron chi connectivity index (χ1n) is 5.25. The maximum absolute atomic E-state index is 11.3. The Bertz CT molecular complexity index is 352. The van der Waals surface area contributed by atoms with E-state index in [2.05, 4.69) is 5.32 Å². The summed E-state index contributed by atoms with van der Waals surface area (Å²) in [6.45, 7) is 4.02. The van der Waals surface area contributed by atoms with E-state index in [1.165, 1.54) is 0 Å². The second kappa shape index (κ2) is 6.00. The maximum Gasteiger partial charge on any atom is 0.407 e. The average molecular weight is 223 g/mol. The third-order valence-electron chi connectivity index (χ3n) is 2.22. The van der Waals surface area contributed by atoms with Gasteiger partial charge in [-0.1, -0.05) is 18.2 Å². The van der Waals surface area contributed by atoms with Crippen LogP contribution in [-0.2, 0) is 4.74 Å². The molecular formula is C12H17NO3. The lowest BCUT2D eigenvalue weighted by Gasteiger charge is -2.16. The number of benzene rings is 1. The molecule has 0 bridgehead atoms. The molecule has 1 aromatic rings. The van der Waals surface area contributed by atoms with Crippen LogP contribution in [0, 0.1) is 0 Å². The van der Waals surface area contributed by atoms with Crippen molar-refractivity contribution in [3.63, 3.8) is 0 Å². The third-order valence-corrected chi connectivity index (χ3v) is 2.22. The summed E-state index contributed by atoms with van der Waals surface area (Å²) in [7, 11) is 1.61. The Morgan fingerprint density at radius 2 is 2.12 bits per heavy atom. The van der Waals surface area contributed by atoms with E-state index in [9.17, 15) is 4.79 Å². The minimum absolute atomic E-state index is 0.143. The van der Waals surface area contributed by atoms with Crippen molar-refractivity contribution in [2.24, 2.45) is 0 Å². The molecule has 1 rings (SSSR count). The first-order chi connectivity index (χ1) is 7.69. The van der Waals surface area contributed by atoms with Gasteiger partial charge in [0, 0.05) is 5.56 Å². The summed E-state index contributed by atoms with van der Waals surface area (Å²) < 4.78 is 10.0. The van der Waals surface area contributed by atoms with Gasteiger partial charge >= 0.3 is 6.09 Å². The Kier molecular flexibility index (Phi) is 4.64. The molecule has 0 heterocycles. The van der Waals surface area contributed by atoms with Gasteiger partial charge < -0.3 is 14.8 Å². The van der Waals surface area contributed by atoms with Crippen LogP contribution in [0.3, 0.4) is 0 Å². The fourth-order valence-electron chi connectivity index (χ4n) is 1.45. The van der Waals surface area contributed by atoms with Crippen molar-refractivity contribution in [1.29, 1.82) is 0 Å². The van der Waals surface area contributed by atoms with Crippen molar-refractivity contribution >= 4 is 6.09 Å². The number of nitrogens with one attached hydrogen (secondary N) is 1. The van der Waals surface area contributed by atoms with Crippen LogP contribution >= 0.6 is 0 Å². The summed E-state index contributed by atoms with van der Waals surface area (Å²) >= 11 is 0. The molecule has 0 aliphatic heterocycles. The molecule has 0 aliphatic carbocycles. The van der Waals surface area contributed by atoms with Crippen molar-refractivity contribution in [3.8, 4) is 5.75 Å². The van der Waals surface area contributed by atoms with Gasteiger partial charge in [-0.05, 0) is 19.9 Å². The molecule has 1 atom stereocenters. The zero-order chi connectivity index (χ0) is 12.0. The summed E-state index contributed by atoms with van der Waals surface area (Å²) in [5, 5.41) is 2.73. The minimum atomic E-state index is -0.416. The predicted molar refractivity (Wildman–Crippen MR) is 61.6 cm³/mol. The Morgan fingerprint density at radius 1 is 1.44 bits per heavy atom. The monoisotopic (exact) mass is 223 g/mol. The Balaban J connectivity index is 2.72. The van der Waals surface area contributed by atoms with Crippen LogP contribution in [0.15, 0.2) is 24.3 Å². The van der Waals surface area contributed by atoms with E-state index in [4.69, 9.17) is 9.47 Å².